The number of rotatable bonds is 7. The predicted octanol–water partition coefficient (Wildman–Crippen LogP) is 6.65. The molecule has 0 fully saturated rings. The fourth-order valence-electron chi connectivity index (χ4n) is 2.42. The van der Waals surface area contributed by atoms with Gasteiger partial charge in [0.25, 0.3) is 0 Å². The zero-order valence-electron chi connectivity index (χ0n) is 14.8. The first-order valence-corrected chi connectivity index (χ1v) is 9.76. The van der Waals surface area contributed by atoms with Crippen molar-refractivity contribution in [3.8, 4) is 11.5 Å². The molecule has 0 amide bonds. The molecule has 2 nitrogen and oxygen atoms in total. The minimum atomic E-state index is 0.860. The highest BCUT2D eigenvalue weighted by molar-refractivity contribution is 8.02. The first kappa shape index (κ1) is 18.5. The van der Waals surface area contributed by atoms with Gasteiger partial charge in [-0.05, 0) is 60.2 Å². The Labute approximate surface area is 163 Å². The molecule has 0 aliphatic heterocycles. The highest BCUT2D eigenvalue weighted by atomic mass is 32.2. The van der Waals surface area contributed by atoms with Crippen molar-refractivity contribution in [3.05, 3.63) is 78.9 Å². The molecule has 0 spiro atoms. The van der Waals surface area contributed by atoms with Gasteiger partial charge < -0.3 is 9.47 Å². The molecule has 3 rings (SSSR count). The largest absolute Gasteiger partial charge is 0.497 e. The standard InChI is InChI=1S/C22H20O2S2/c1-4-16-6-5-7-21(25-19-12-8-17(23-2)9-13-19)22(16)26-20-14-10-18(24-3)11-15-20/h4-15H,1H2,2-3H3. The van der Waals surface area contributed by atoms with Gasteiger partial charge in [-0.2, -0.15) is 0 Å². The van der Waals surface area contributed by atoms with E-state index in [4.69, 9.17) is 9.47 Å². The van der Waals surface area contributed by atoms with Crippen LogP contribution >= 0.6 is 23.5 Å². The molecule has 4 heteroatoms. The molecule has 3 aromatic rings. The summed E-state index contributed by atoms with van der Waals surface area (Å²) in [7, 11) is 3.36. The number of hydrogen-bond acceptors (Lipinski definition) is 4. The fraction of sp³-hybridized carbons (Fsp3) is 0.0909. The van der Waals surface area contributed by atoms with E-state index < -0.39 is 0 Å². The summed E-state index contributed by atoms with van der Waals surface area (Å²) in [5.41, 5.74) is 1.13. The van der Waals surface area contributed by atoms with Crippen molar-refractivity contribution < 1.29 is 9.47 Å². The van der Waals surface area contributed by atoms with Crippen molar-refractivity contribution in [3.63, 3.8) is 0 Å². The van der Waals surface area contributed by atoms with Gasteiger partial charge in [-0.25, -0.2) is 0 Å². The molecular weight excluding hydrogens is 360 g/mol. The van der Waals surface area contributed by atoms with E-state index in [0.717, 1.165) is 22.0 Å². The molecule has 26 heavy (non-hydrogen) atoms. The molecule has 0 N–H and O–H groups in total. The fourth-order valence-corrected chi connectivity index (χ4v) is 4.49. The highest BCUT2D eigenvalue weighted by Gasteiger charge is 2.10. The lowest BCUT2D eigenvalue weighted by Crippen LogP contribution is -1.86. The van der Waals surface area contributed by atoms with Crippen LogP contribution in [-0.2, 0) is 0 Å². The smallest absolute Gasteiger partial charge is 0.118 e. The van der Waals surface area contributed by atoms with Crippen LogP contribution in [-0.4, -0.2) is 14.2 Å². The Balaban J connectivity index is 1.90. The van der Waals surface area contributed by atoms with E-state index in [1.165, 1.54) is 14.7 Å². The van der Waals surface area contributed by atoms with Crippen LogP contribution in [0.15, 0.2) is 92.9 Å². The Morgan fingerprint density at radius 2 is 1.27 bits per heavy atom. The molecule has 0 aliphatic carbocycles. The van der Waals surface area contributed by atoms with E-state index in [1.807, 2.05) is 30.3 Å². The second-order valence-corrected chi connectivity index (χ2v) is 7.63. The second-order valence-electron chi connectivity index (χ2n) is 5.43. The van der Waals surface area contributed by atoms with Crippen molar-refractivity contribution in [2.45, 2.75) is 19.6 Å². The van der Waals surface area contributed by atoms with E-state index in [1.54, 1.807) is 37.7 Å². The number of ether oxygens (including phenoxy) is 2. The van der Waals surface area contributed by atoms with Crippen LogP contribution in [0.25, 0.3) is 6.08 Å². The van der Waals surface area contributed by atoms with E-state index in [2.05, 4.69) is 49.0 Å². The van der Waals surface area contributed by atoms with Crippen molar-refractivity contribution in [1.29, 1.82) is 0 Å². The molecule has 0 aliphatic rings. The predicted molar refractivity (Wildman–Crippen MR) is 111 cm³/mol. The van der Waals surface area contributed by atoms with Gasteiger partial charge in [0, 0.05) is 19.6 Å². The van der Waals surface area contributed by atoms with E-state index >= 15 is 0 Å². The molecule has 132 valence electrons. The topological polar surface area (TPSA) is 18.5 Å². The van der Waals surface area contributed by atoms with Gasteiger partial charge in [-0.1, -0.05) is 48.3 Å². The average Bonchev–Trinajstić information content (AvgIpc) is 2.70. The van der Waals surface area contributed by atoms with Crippen LogP contribution in [0.1, 0.15) is 5.56 Å². The maximum absolute atomic E-state index is 5.25. The van der Waals surface area contributed by atoms with Gasteiger partial charge in [0.15, 0.2) is 0 Å². The summed E-state index contributed by atoms with van der Waals surface area (Å²) < 4.78 is 10.5. The van der Waals surface area contributed by atoms with Crippen molar-refractivity contribution in [1.82, 2.24) is 0 Å². The summed E-state index contributed by atoms with van der Waals surface area (Å²) in [4.78, 5) is 4.74. The maximum Gasteiger partial charge on any atom is 0.118 e. The summed E-state index contributed by atoms with van der Waals surface area (Å²) in [6, 6.07) is 22.5. The summed E-state index contributed by atoms with van der Waals surface area (Å²) >= 11 is 3.48. The van der Waals surface area contributed by atoms with Crippen molar-refractivity contribution in [2.24, 2.45) is 0 Å². The first-order chi connectivity index (χ1) is 12.7. The molecule has 0 saturated heterocycles. The quantitative estimate of drug-likeness (QED) is 0.456. The first-order valence-electron chi connectivity index (χ1n) is 8.12. The van der Waals surface area contributed by atoms with Gasteiger partial charge in [-0.3, -0.25) is 0 Å². The van der Waals surface area contributed by atoms with Crippen LogP contribution in [0.3, 0.4) is 0 Å². The van der Waals surface area contributed by atoms with Gasteiger partial charge in [0.1, 0.15) is 11.5 Å². The van der Waals surface area contributed by atoms with Crippen molar-refractivity contribution >= 4 is 29.6 Å². The third kappa shape index (κ3) is 4.45. The lowest BCUT2D eigenvalue weighted by Gasteiger charge is -2.13. The minimum absolute atomic E-state index is 0.860. The number of hydrogen-bond donors (Lipinski definition) is 0. The SMILES string of the molecule is C=Cc1cccc(Sc2ccc(OC)cc2)c1Sc1ccc(OC)cc1. The molecule has 0 atom stereocenters. The molecule has 0 heterocycles. The lowest BCUT2D eigenvalue weighted by molar-refractivity contribution is 0.414. The normalized spacial score (nSPS) is 10.4. The third-order valence-electron chi connectivity index (χ3n) is 3.80. The van der Waals surface area contributed by atoms with E-state index in [0.29, 0.717) is 0 Å². The van der Waals surface area contributed by atoms with Gasteiger partial charge in [-0.15, -0.1) is 0 Å². The Hall–Kier alpha value is -2.30. The Bertz CT molecular complexity index is 872. The Morgan fingerprint density at radius 3 is 1.77 bits per heavy atom. The van der Waals surface area contributed by atoms with Crippen molar-refractivity contribution in [2.75, 3.05) is 14.2 Å². The molecular formula is C22H20O2S2. The molecule has 0 unspecified atom stereocenters. The van der Waals surface area contributed by atoms with E-state index in [9.17, 15) is 0 Å². The van der Waals surface area contributed by atoms with Crippen LogP contribution in [0.5, 0.6) is 11.5 Å². The molecule has 0 radical (unpaired) electrons. The van der Waals surface area contributed by atoms with Crippen LogP contribution in [0.4, 0.5) is 0 Å². The summed E-state index contributed by atoms with van der Waals surface area (Å²) in [5, 5.41) is 0. The summed E-state index contributed by atoms with van der Waals surface area (Å²) in [6.07, 6.45) is 1.91. The zero-order chi connectivity index (χ0) is 18.4. The van der Waals surface area contributed by atoms with Gasteiger partial charge >= 0.3 is 0 Å². The molecule has 0 saturated carbocycles. The van der Waals surface area contributed by atoms with Crippen LogP contribution in [0.2, 0.25) is 0 Å². The maximum atomic E-state index is 5.25. The molecule has 3 aromatic carbocycles. The molecule has 0 bridgehead atoms. The Morgan fingerprint density at radius 1 is 0.731 bits per heavy atom. The van der Waals surface area contributed by atoms with Gasteiger partial charge in [0.05, 0.1) is 14.2 Å². The zero-order valence-corrected chi connectivity index (χ0v) is 16.4. The monoisotopic (exact) mass is 380 g/mol. The Kier molecular flexibility index (Phi) is 6.31. The second kappa shape index (κ2) is 8.88. The van der Waals surface area contributed by atoms with Crippen LogP contribution < -0.4 is 9.47 Å². The number of benzene rings is 3. The van der Waals surface area contributed by atoms with Crippen LogP contribution in [0, 0.1) is 0 Å². The van der Waals surface area contributed by atoms with E-state index in [-0.39, 0.29) is 0 Å². The lowest BCUT2D eigenvalue weighted by atomic mass is 10.2. The molecule has 0 aromatic heterocycles. The summed E-state index contributed by atoms with van der Waals surface area (Å²) in [6.45, 7) is 3.97. The number of methoxy groups -OCH3 is 2. The average molecular weight is 381 g/mol. The third-order valence-corrected chi connectivity index (χ3v) is 6.16. The highest BCUT2D eigenvalue weighted by Crippen LogP contribution is 2.41. The minimum Gasteiger partial charge on any atom is -0.497 e. The van der Waals surface area contributed by atoms with Gasteiger partial charge in [0.2, 0.25) is 0 Å². The summed E-state index contributed by atoms with van der Waals surface area (Å²) in [5.74, 6) is 1.72.